The van der Waals surface area contributed by atoms with Gasteiger partial charge in [0.25, 0.3) is 0 Å². The number of aryl methyl sites for hydroxylation is 1. The Morgan fingerprint density at radius 2 is 1.79 bits per heavy atom. The van der Waals surface area contributed by atoms with Crippen LogP contribution in [0.15, 0.2) is 48.5 Å². The van der Waals surface area contributed by atoms with Crippen molar-refractivity contribution in [3.05, 3.63) is 65.5 Å². The standard InChI is InChI=1S/C17H16F4N2O/c1-11-7-8-13(18)9-14(11)23-15(24)10-22-16(17(19,20)21)12-5-3-2-4-6-12/h2-9,16,22H,10H2,1H3,(H,23,24). The maximum atomic E-state index is 13.2. The molecule has 0 spiro atoms. The van der Waals surface area contributed by atoms with E-state index in [1.54, 1.807) is 13.0 Å². The molecule has 1 unspecified atom stereocenters. The molecule has 0 aliphatic heterocycles. The minimum Gasteiger partial charge on any atom is -0.325 e. The Bertz CT molecular complexity index is 701. The summed E-state index contributed by atoms with van der Waals surface area (Å²) >= 11 is 0. The summed E-state index contributed by atoms with van der Waals surface area (Å²) in [4.78, 5) is 11.9. The molecule has 0 aromatic heterocycles. The molecular weight excluding hydrogens is 324 g/mol. The number of amides is 1. The second-order valence-electron chi connectivity index (χ2n) is 5.27. The van der Waals surface area contributed by atoms with Crippen molar-refractivity contribution in [3.63, 3.8) is 0 Å². The van der Waals surface area contributed by atoms with Gasteiger partial charge in [0.15, 0.2) is 0 Å². The van der Waals surface area contributed by atoms with Crippen LogP contribution in [0, 0.1) is 12.7 Å². The van der Waals surface area contributed by atoms with E-state index in [2.05, 4.69) is 10.6 Å². The number of carbonyl (C=O) groups excluding carboxylic acids is 1. The number of alkyl halides is 3. The largest absolute Gasteiger partial charge is 0.407 e. The first-order valence-corrected chi connectivity index (χ1v) is 7.18. The molecule has 7 heteroatoms. The van der Waals surface area contributed by atoms with Gasteiger partial charge in [0.1, 0.15) is 11.9 Å². The number of hydrogen-bond acceptors (Lipinski definition) is 2. The average Bonchev–Trinajstić information content (AvgIpc) is 2.51. The molecule has 0 heterocycles. The van der Waals surface area contributed by atoms with E-state index in [1.165, 1.54) is 36.4 Å². The molecule has 24 heavy (non-hydrogen) atoms. The predicted octanol–water partition coefficient (Wildman–Crippen LogP) is 3.97. The topological polar surface area (TPSA) is 41.1 Å². The quantitative estimate of drug-likeness (QED) is 0.809. The molecular formula is C17H16F4N2O. The van der Waals surface area contributed by atoms with E-state index in [4.69, 9.17) is 0 Å². The fraction of sp³-hybridized carbons (Fsp3) is 0.235. The molecule has 1 amide bonds. The third kappa shape index (κ3) is 4.79. The molecule has 0 saturated carbocycles. The number of rotatable bonds is 5. The summed E-state index contributed by atoms with van der Waals surface area (Å²) in [7, 11) is 0. The molecule has 0 bridgehead atoms. The van der Waals surface area contributed by atoms with Crippen LogP contribution in [0.1, 0.15) is 17.2 Å². The van der Waals surface area contributed by atoms with Crippen molar-refractivity contribution in [2.24, 2.45) is 0 Å². The van der Waals surface area contributed by atoms with Crippen molar-refractivity contribution in [1.29, 1.82) is 0 Å². The number of halogens is 4. The first-order valence-electron chi connectivity index (χ1n) is 7.18. The van der Waals surface area contributed by atoms with Crippen molar-refractivity contribution in [2.45, 2.75) is 19.1 Å². The molecule has 0 saturated heterocycles. The Labute approximate surface area is 136 Å². The van der Waals surface area contributed by atoms with Crippen LogP contribution in [-0.4, -0.2) is 18.6 Å². The Morgan fingerprint density at radius 3 is 2.42 bits per heavy atom. The van der Waals surface area contributed by atoms with Crippen LogP contribution in [0.25, 0.3) is 0 Å². The number of carbonyl (C=O) groups is 1. The van der Waals surface area contributed by atoms with Gasteiger partial charge in [-0.2, -0.15) is 13.2 Å². The fourth-order valence-electron chi connectivity index (χ4n) is 2.19. The molecule has 2 aromatic carbocycles. The Morgan fingerprint density at radius 1 is 1.12 bits per heavy atom. The number of anilines is 1. The lowest BCUT2D eigenvalue weighted by Crippen LogP contribution is -2.38. The molecule has 0 aliphatic carbocycles. The number of benzene rings is 2. The van der Waals surface area contributed by atoms with Crippen molar-refractivity contribution >= 4 is 11.6 Å². The van der Waals surface area contributed by atoms with E-state index < -0.39 is 30.5 Å². The fourth-order valence-corrected chi connectivity index (χ4v) is 2.19. The third-order valence-electron chi connectivity index (χ3n) is 3.40. The first-order chi connectivity index (χ1) is 11.3. The van der Waals surface area contributed by atoms with Gasteiger partial charge in [-0.15, -0.1) is 0 Å². The van der Waals surface area contributed by atoms with Gasteiger partial charge in [-0.25, -0.2) is 4.39 Å². The zero-order valence-corrected chi connectivity index (χ0v) is 12.8. The monoisotopic (exact) mass is 340 g/mol. The van der Waals surface area contributed by atoms with Crippen LogP contribution in [0.3, 0.4) is 0 Å². The maximum absolute atomic E-state index is 13.2. The van der Waals surface area contributed by atoms with Crippen LogP contribution >= 0.6 is 0 Å². The van der Waals surface area contributed by atoms with Crippen molar-refractivity contribution in [2.75, 3.05) is 11.9 Å². The number of hydrogen-bond donors (Lipinski definition) is 2. The lowest BCUT2D eigenvalue weighted by atomic mass is 10.1. The Balaban J connectivity index is 2.04. The molecule has 2 rings (SSSR count). The van der Waals surface area contributed by atoms with E-state index in [1.807, 2.05) is 0 Å². The van der Waals surface area contributed by atoms with E-state index >= 15 is 0 Å². The van der Waals surface area contributed by atoms with Gasteiger partial charge in [0.05, 0.1) is 6.54 Å². The minimum atomic E-state index is -4.55. The summed E-state index contributed by atoms with van der Waals surface area (Å²) in [6, 6.07) is 9.12. The molecule has 0 radical (unpaired) electrons. The van der Waals surface area contributed by atoms with Gasteiger partial charge in [0.2, 0.25) is 5.91 Å². The zero-order valence-electron chi connectivity index (χ0n) is 12.8. The van der Waals surface area contributed by atoms with Crippen molar-refractivity contribution in [1.82, 2.24) is 5.32 Å². The van der Waals surface area contributed by atoms with Crippen LogP contribution in [0.4, 0.5) is 23.2 Å². The highest BCUT2D eigenvalue weighted by atomic mass is 19.4. The van der Waals surface area contributed by atoms with E-state index in [0.29, 0.717) is 5.56 Å². The molecule has 128 valence electrons. The summed E-state index contributed by atoms with van der Waals surface area (Å²) in [5.74, 6) is -1.23. The van der Waals surface area contributed by atoms with Crippen molar-refractivity contribution < 1.29 is 22.4 Å². The molecule has 0 fully saturated rings. The van der Waals surface area contributed by atoms with Gasteiger partial charge in [-0.3, -0.25) is 10.1 Å². The smallest absolute Gasteiger partial charge is 0.325 e. The predicted molar refractivity (Wildman–Crippen MR) is 83.0 cm³/mol. The van der Waals surface area contributed by atoms with Gasteiger partial charge in [-0.1, -0.05) is 36.4 Å². The highest BCUT2D eigenvalue weighted by Gasteiger charge is 2.40. The maximum Gasteiger partial charge on any atom is 0.407 e. The van der Waals surface area contributed by atoms with Gasteiger partial charge in [0, 0.05) is 5.69 Å². The second-order valence-corrected chi connectivity index (χ2v) is 5.27. The van der Waals surface area contributed by atoms with Crippen molar-refractivity contribution in [3.8, 4) is 0 Å². The van der Waals surface area contributed by atoms with E-state index in [0.717, 1.165) is 6.07 Å². The Hall–Kier alpha value is -2.41. The highest BCUT2D eigenvalue weighted by molar-refractivity contribution is 5.93. The lowest BCUT2D eigenvalue weighted by Gasteiger charge is -2.22. The van der Waals surface area contributed by atoms with Gasteiger partial charge in [-0.05, 0) is 30.2 Å². The van der Waals surface area contributed by atoms with E-state index in [-0.39, 0.29) is 11.3 Å². The molecule has 1 atom stereocenters. The summed E-state index contributed by atoms with van der Waals surface area (Å²) in [5, 5.41) is 4.60. The van der Waals surface area contributed by atoms with E-state index in [9.17, 15) is 22.4 Å². The zero-order chi connectivity index (χ0) is 17.7. The number of nitrogens with one attached hydrogen (secondary N) is 2. The van der Waals surface area contributed by atoms with Gasteiger partial charge >= 0.3 is 6.18 Å². The lowest BCUT2D eigenvalue weighted by molar-refractivity contribution is -0.158. The normalized spacial score (nSPS) is 12.7. The third-order valence-corrected chi connectivity index (χ3v) is 3.40. The molecule has 2 aromatic rings. The van der Waals surface area contributed by atoms with Gasteiger partial charge < -0.3 is 5.32 Å². The molecule has 3 nitrogen and oxygen atoms in total. The summed E-state index contributed by atoms with van der Waals surface area (Å²) in [6.45, 7) is 1.10. The second kappa shape index (κ2) is 7.44. The van der Waals surface area contributed by atoms with Crippen LogP contribution in [0.5, 0.6) is 0 Å². The minimum absolute atomic E-state index is 0.0136. The van der Waals surface area contributed by atoms with Crippen LogP contribution < -0.4 is 10.6 Å². The summed E-state index contributed by atoms with van der Waals surface area (Å²) in [5.41, 5.74) is 0.852. The van der Waals surface area contributed by atoms with Crippen LogP contribution in [0.2, 0.25) is 0 Å². The molecule has 2 N–H and O–H groups in total. The summed E-state index contributed by atoms with van der Waals surface area (Å²) < 4.78 is 52.6. The SMILES string of the molecule is Cc1ccc(F)cc1NC(=O)CNC(c1ccccc1)C(F)(F)F. The highest BCUT2D eigenvalue weighted by Crippen LogP contribution is 2.32. The Kier molecular flexibility index (Phi) is 5.56. The molecule has 0 aliphatic rings. The van der Waals surface area contributed by atoms with Crippen LogP contribution in [-0.2, 0) is 4.79 Å². The summed E-state index contributed by atoms with van der Waals surface area (Å²) in [6.07, 6.45) is -4.55. The average molecular weight is 340 g/mol. The first kappa shape index (κ1) is 17.9.